The van der Waals surface area contributed by atoms with Crippen LogP contribution in [-0.4, -0.2) is 32.1 Å². The highest BCUT2D eigenvalue weighted by atomic mass is 16.2. The smallest absolute Gasteiger partial charge is 0.244 e. The van der Waals surface area contributed by atoms with E-state index in [-0.39, 0.29) is 11.9 Å². The minimum Gasteiger partial charge on any atom is -0.331 e. The van der Waals surface area contributed by atoms with Gasteiger partial charge in [-0.3, -0.25) is 4.79 Å². The summed E-state index contributed by atoms with van der Waals surface area (Å²) in [6.45, 7) is 3.26. The Morgan fingerprint density at radius 3 is 2.70 bits per heavy atom. The van der Waals surface area contributed by atoms with Crippen LogP contribution in [-0.2, 0) is 11.3 Å². The molecule has 2 aliphatic rings. The molecule has 4 rings (SSSR count). The first kappa shape index (κ1) is 14.4. The molecule has 1 aliphatic carbocycles. The number of hydrogen-bond donors (Lipinski definition) is 1. The van der Waals surface area contributed by atoms with Crippen LogP contribution in [0.25, 0.3) is 0 Å². The number of nitrogens with two attached hydrogens (primary N) is 1. The van der Waals surface area contributed by atoms with E-state index in [1.807, 2.05) is 35.2 Å². The molecule has 2 N–H and O–H groups in total. The van der Waals surface area contributed by atoms with Crippen molar-refractivity contribution in [3.05, 3.63) is 47.5 Å². The molecule has 2 aromatic rings. The lowest BCUT2D eigenvalue weighted by Crippen LogP contribution is -2.44. The Morgan fingerprint density at radius 1 is 1.26 bits per heavy atom. The van der Waals surface area contributed by atoms with Gasteiger partial charge in [0, 0.05) is 12.5 Å². The predicted molar refractivity (Wildman–Crippen MR) is 85.5 cm³/mol. The molecule has 6 nitrogen and oxygen atoms in total. The third-order valence-corrected chi connectivity index (χ3v) is 4.73. The Bertz CT molecular complexity index is 722. The maximum Gasteiger partial charge on any atom is 0.244 e. The first-order valence-corrected chi connectivity index (χ1v) is 8.18. The van der Waals surface area contributed by atoms with Gasteiger partial charge in [0.15, 0.2) is 5.82 Å². The van der Waals surface area contributed by atoms with Crippen LogP contribution in [0.2, 0.25) is 0 Å². The minimum atomic E-state index is -0.624. The van der Waals surface area contributed by atoms with Crippen molar-refractivity contribution in [3.8, 4) is 0 Å². The molecule has 1 aromatic carbocycles. The quantitative estimate of drug-likeness (QED) is 0.937. The van der Waals surface area contributed by atoms with Gasteiger partial charge >= 0.3 is 0 Å². The number of rotatable bonds is 3. The third kappa shape index (κ3) is 2.53. The molecule has 2 atom stereocenters. The summed E-state index contributed by atoms with van der Waals surface area (Å²) in [7, 11) is 0. The maximum atomic E-state index is 12.8. The topological polar surface area (TPSA) is 77.0 Å². The second kappa shape index (κ2) is 5.45. The molecule has 0 saturated heterocycles. The summed E-state index contributed by atoms with van der Waals surface area (Å²) in [5.74, 6) is 2.48. The number of amides is 1. The van der Waals surface area contributed by atoms with Gasteiger partial charge in [-0.05, 0) is 25.3 Å². The zero-order chi connectivity index (χ0) is 16.0. The van der Waals surface area contributed by atoms with E-state index in [0.717, 1.165) is 17.2 Å². The summed E-state index contributed by atoms with van der Waals surface area (Å²) in [6, 6.07) is 9.08. The van der Waals surface area contributed by atoms with Crippen molar-refractivity contribution >= 4 is 5.91 Å². The van der Waals surface area contributed by atoms with Crippen LogP contribution in [0.3, 0.4) is 0 Å². The Balaban J connectivity index is 1.55. The highest BCUT2D eigenvalue weighted by molar-refractivity contribution is 5.83. The minimum absolute atomic E-state index is 0.0507. The van der Waals surface area contributed by atoms with E-state index in [4.69, 9.17) is 5.73 Å². The fraction of sp³-hybridized carbons (Fsp3) is 0.471. The number of hydrogen-bond acceptors (Lipinski definition) is 4. The third-order valence-electron chi connectivity index (χ3n) is 4.73. The van der Waals surface area contributed by atoms with E-state index in [0.29, 0.717) is 19.0 Å². The van der Waals surface area contributed by atoms with E-state index in [2.05, 4.69) is 21.7 Å². The summed E-state index contributed by atoms with van der Waals surface area (Å²) in [5.41, 5.74) is 7.01. The monoisotopic (exact) mass is 311 g/mol. The molecule has 1 saturated carbocycles. The summed E-state index contributed by atoms with van der Waals surface area (Å²) in [4.78, 5) is 14.6. The number of carbonyl (C=O) groups excluding carboxylic acids is 1. The van der Waals surface area contributed by atoms with Crippen molar-refractivity contribution in [1.29, 1.82) is 0 Å². The molecular formula is C17H21N5O. The summed E-state index contributed by atoms with van der Waals surface area (Å²) < 4.78 is 2.22. The fourth-order valence-electron chi connectivity index (χ4n) is 3.35. The van der Waals surface area contributed by atoms with Crippen molar-refractivity contribution in [2.45, 2.75) is 44.3 Å². The second-order valence-corrected chi connectivity index (χ2v) is 6.57. The average Bonchev–Trinajstić information content (AvgIpc) is 3.33. The molecule has 0 spiro atoms. The van der Waals surface area contributed by atoms with Gasteiger partial charge in [-0.1, -0.05) is 30.3 Å². The predicted octanol–water partition coefficient (Wildman–Crippen LogP) is 1.76. The Morgan fingerprint density at radius 2 is 2.00 bits per heavy atom. The number of aromatic nitrogens is 3. The zero-order valence-electron chi connectivity index (χ0n) is 13.2. The fourth-order valence-corrected chi connectivity index (χ4v) is 3.35. The lowest BCUT2D eigenvalue weighted by Gasteiger charge is -2.34. The summed E-state index contributed by atoms with van der Waals surface area (Å²) >= 11 is 0. The normalized spacial score (nSPS) is 21.8. The molecule has 2 heterocycles. The van der Waals surface area contributed by atoms with E-state index in [9.17, 15) is 4.79 Å². The van der Waals surface area contributed by atoms with Gasteiger partial charge in [0.25, 0.3) is 0 Å². The van der Waals surface area contributed by atoms with Crippen LogP contribution in [0.1, 0.15) is 55.0 Å². The van der Waals surface area contributed by atoms with E-state index >= 15 is 0 Å². The van der Waals surface area contributed by atoms with Gasteiger partial charge in [0.2, 0.25) is 5.91 Å². The molecule has 120 valence electrons. The highest BCUT2D eigenvalue weighted by Gasteiger charge is 2.36. The molecule has 6 heteroatoms. The zero-order valence-corrected chi connectivity index (χ0v) is 13.2. The number of nitrogens with zero attached hydrogens (tertiary/aromatic N) is 4. The highest BCUT2D eigenvalue weighted by Crippen LogP contribution is 2.41. The molecule has 0 bridgehead atoms. The van der Waals surface area contributed by atoms with Crippen molar-refractivity contribution in [3.63, 3.8) is 0 Å². The van der Waals surface area contributed by atoms with Gasteiger partial charge < -0.3 is 15.2 Å². The number of carbonyl (C=O) groups is 1. The maximum absolute atomic E-state index is 12.8. The first-order chi connectivity index (χ1) is 11.1. The second-order valence-electron chi connectivity index (χ2n) is 6.57. The van der Waals surface area contributed by atoms with Gasteiger partial charge in [0.05, 0.1) is 12.6 Å². The van der Waals surface area contributed by atoms with E-state index in [1.165, 1.54) is 12.8 Å². The lowest BCUT2D eigenvalue weighted by molar-refractivity contribution is -0.134. The van der Waals surface area contributed by atoms with Crippen LogP contribution in [0, 0.1) is 0 Å². The molecule has 1 aromatic heterocycles. The van der Waals surface area contributed by atoms with Crippen molar-refractivity contribution < 1.29 is 4.79 Å². The molecule has 1 amide bonds. The van der Waals surface area contributed by atoms with E-state index < -0.39 is 6.04 Å². The molecular weight excluding hydrogens is 290 g/mol. The Hall–Kier alpha value is -2.21. The van der Waals surface area contributed by atoms with Crippen molar-refractivity contribution in [1.82, 2.24) is 19.7 Å². The number of fused-ring (bicyclic) bond motifs is 1. The molecule has 1 aliphatic heterocycles. The molecule has 23 heavy (non-hydrogen) atoms. The van der Waals surface area contributed by atoms with Crippen LogP contribution in [0.5, 0.6) is 0 Å². The standard InChI is InChI=1S/C17H21N5O/c1-11-9-21(17(23)15(18)12-5-3-2-4-6-12)10-14-19-20-16(22(11)14)13-7-8-13/h2-6,11,13,15H,7-10,18H2,1H3/t11-,15+/m0/s1. The van der Waals surface area contributed by atoms with Gasteiger partial charge in [-0.2, -0.15) is 0 Å². The first-order valence-electron chi connectivity index (χ1n) is 8.18. The Kier molecular flexibility index (Phi) is 3.41. The Labute approximate surface area is 135 Å². The largest absolute Gasteiger partial charge is 0.331 e. The molecule has 0 unspecified atom stereocenters. The lowest BCUT2D eigenvalue weighted by atomic mass is 10.1. The number of benzene rings is 1. The SMILES string of the molecule is C[C@H]1CN(C(=O)[C@H](N)c2ccccc2)Cc2nnc(C3CC3)n21. The van der Waals surface area contributed by atoms with Crippen LogP contribution in [0.15, 0.2) is 30.3 Å². The average molecular weight is 311 g/mol. The van der Waals surface area contributed by atoms with Gasteiger partial charge in [0.1, 0.15) is 11.9 Å². The molecule has 0 radical (unpaired) electrons. The molecule has 1 fully saturated rings. The van der Waals surface area contributed by atoms with Crippen LogP contribution < -0.4 is 5.73 Å². The summed E-state index contributed by atoms with van der Waals surface area (Å²) in [5, 5.41) is 8.66. The van der Waals surface area contributed by atoms with Crippen molar-refractivity contribution in [2.75, 3.05) is 6.54 Å². The van der Waals surface area contributed by atoms with Gasteiger partial charge in [-0.15, -0.1) is 10.2 Å². The van der Waals surface area contributed by atoms with Gasteiger partial charge in [-0.25, -0.2) is 0 Å². The summed E-state index contributed by atoms with van der Waals surface area (Å²) in [6.07, 6.45) is 2.40. The van der Waals surface area contributed by atoms with Crippen LogP contribution in [0.4, 0.5) is 0 Å². The van der Waals surface area contributed by atoms with E-state index in [1.54, 1.807) is 0 Å². The van der Waals surface area contributed by atoms with Crippen molar-refractivity contribution in [2.24, 2.45) is 5.73 Å². The van der Waals surface area contributed by atoms with Crippen LogP contribution >= 0.6 is 0 Å².